The van der Waals surface area contributed by atoms with Crippen molar-refractivity contribution in [3.63, 3.8) is 0 Å². The molecule has 0 aliphatic carbocycles. The lowest BCUT2D eigenvalue weighted by Gasteiger charge is -2.53. The Kier molecular flexibility index (Phi) is 7.33. The normalized spacial score (nSPS) is 26.4. The summed E-state index contributed by atoms with van der Waals surface area (Å²) < 4.78 is 5.35. The van der Waals surface area contributed by atoms with Gasteiger partial charge >= 0.3 is 0 Å². The van der Waals surface area contributed by atoms with Crippen LogP contribution in [0.1, 0.15) is 47.0 Å². The first kappa shape index (κ1) is 18.3. The minimum Gasteiger partial charge on any atom is -0.383 e. The van der Waals surface area contributed by atoms with E-state index in [2.05, 4.69) is 44.4 Å². The van der Waals surface area contributed by atoms with Crippen LogP contribution in [0.4, 0.5) is 0 Å². The van der Waals surface area contributed by atoms with Crippen molar-refractivity contribution in [3.8, 4) is 0 Å². The standard InChI is InChI=1S/C16H34N2OS/c1-6-14(7-2)18(8-9-19-5)16(11-17)10-15(3,4)12-20-13-16/h14H,6-13,17H2,1-5H3. The Morgan fingerprint density at radius 2 is 1.90 bits per heavy atom. The minimum atomic E-state index is 0.141. The zero-order valence-electron chi connectivity index (χ0n) is 14.1. The molecule has 0 amide bonds. The highest BCUT2D eigenvalue weighted by molar-refractivity contribution is 7.99. The molecule has 0 radical (unpaired) electrons. The zero-order chi connectivity index (χ0) is 15.2. The van der Waals surface area contributed by atoms with E-state index in [1.165, 1.54) is 25.0 Å². The van der Waals surface area contributed by atoms with E-state index in [0.717, 1.165) is 25.4 Å². The van der Waals surface area contributed by atoms with Crippen molar-refractivity contribution in [2.45, 2.75) is 58.5 Å². The number of rotatable bonds is 8. The van der Waals surface area contributed by atoms with Crippen LogP contribution in [-0.4, -0.2) is 54.8 Å². The van der Waals surface area contributed by atoms with E-state index in [4.69, 9.17) is 10.5 Å². The van der Waals surface area contributed by atoms with Crippen molar-refractivity contribution in [1.82, 2.24) is 4.90 Å². The molecule has 3 nitrogen and oxygen atoms in total. The summed E-state index contributed by atoms with van der Waals surface area (Å²) in [4.78, 5) is 2.67. The third-order valence-corrected chi connectivity index (χ3v) is 6.31. The van der Waals surface area contributed by atoms with Crippen molar-refractivity contribution in [1.29, 1.82) is 0 Å². The summed E-state index contributed by atoms with van der Waals surface area (Å²) in [6.07, 6.45) is 3.57. The van der Waals surface area contributed by atoms with Gasteiger partial charge in [-0.3, -0.25) is 4.90 Å². The number of nitrogens with zero attached hydrogens (tertiary/aromatic N) is 1. The molecule has 4 heteroatoms. The molecule has 0 aromatic carbocycles. The van der Waals surface area contributed by atoms with E-state index in [1.807, 2.05) is 0 Å². The smallest absolute Gasteiger partial charge is 0.0590 e. The number of nitrogens with two attached hydrogens (primary N) is 1. The van der Waals surface area contributed by atoms with Gasteiger partial charge in [-0.05, 0) is 30.4 Å². The fourth-order valence-corrected chi connectivity index (χ4v) is 5.19. The van der Waals surface area contributed by atoms with Gasteiger partial charge in [0.2, 0.25) is 0 Å². The predicted molar refractivity (Wildman–Crippen MR) is 90.5 cm³/mol. The summed E-state index contributed by atoms with van der Waals surface area (Å²) in [6.45, 7) is 11.9. The fourth-order valence-electron chi connectivity index (χ4n) is 3.67. The monoisotopic (exact) mass is 302 g/mol. The van der Waals surface area contributed by atoms with Gasteiger partial charge in [-0.2, -0.15) is 11.8 Å². The molecule has 0 aromatic rings. The summed E-state index contributed by atoms with van der Waals surface area (Å²) >= 11 is 2.07. The van der Waals surface area contributed by atoms with Crippen LogP contribution in [0.5, 0.6) is 0 Å². The quantitative estimate of drug-likeness (QED) is 0.748. The molecular weight excluding hydrogens is 268 g/mol. The number of ether oxygens (including phenoxy) is 1. The average Bonchev–Trinajstić information content (AvgIpc) is 2.42. The van der Waals surface area contributed by atoms with Gasteiger partial charge in [0.15, 0.2) is 0 Å². The number of hydrogen-bond donors (Lipinski definition) is 1. The zero-order valence-corrected chi connectivity index (χ0v) is 14.9. The van der Waals surface area contributed by atoms with Crippen LogP contribution in [-0.2, 0) is 4.74 Å². The molecule has 0 aromatic heterocycles. The first-order valence-electron chi connectivity index (χ1n) is 7.98. The maximum absolute atomic E-state index is 6.28. The van der Waals surface area contributed by atoms with Gasteiger partial charge < -0.3 is 10.5 Å². The Bertz CT molecular complexity index is 282. The molecule has 1 saturated heterocycles. The summed E-state index contributed by atoms with van der Waals surface area (Å²) in [6, 6.07) is 0.614. The van der Waals surface area contributed by atoms with Gasteiger partial charge in [0.1, 0.15) is 0 Å². The van der Waals surface area contributed by atoms with Crippen LogP contribution < -0.4 is 5.73 Å². The van der Waals surface area contributed by atoms with Crippen LogP contribution in [0, 0.1) is 5.41 Å². The predicted octanol–water partition coefficient (Wildman–Crippen LogP) is 2.98. The highest BCUT2D eigenvalue weighted by Crippen LogP contribution is 2.43. The molecule has 120 valence electrons. The van der Waals surface area contributed by atoms with Gasteiger partial charge in [-0.25, -0.2) is 0 Å². The Hall–Kier alpha value is 0.230. The molecule has 0 spiro atoms. The second-order valence-electron chi connectivity index (χ2n) is 6.92. The molecule has 20 heavy (non-hydrogen) atoms. The second-order valence-corrected chi connectivity index (χ2v) is 7.90. The Labute approximate surface area is 130 Å². The van der Waals surface area contributed by atoms with Crippen LogP contribution in [0.2, 0.25) is 0 Å². The van der Waals surface area contributed by atoms with E-state index in [0.29, 0.717) is 11.5 Å². The molecule has 0 saturated carbocycles. The second kappa shape index (κ2) is 8.02. The van der Waals surface area contributed by atoms with E-state index in [-0.39, 0.29) is 5.54 Å². The lowest BCUT2D eigenvalue weighted by Crippen LogP contribution is -2.63. The van der Waals surface area contributed by atoms with Gasteiger partial charge in [-0.1, -0.05) is 27.7 Å². The summed E-state index contributed by atoms with van der Waals surface area (Å²) in [5.41, 5.74) is 6.80. The van der Waals surface area contributed by atoms with Crippen molar-refractivity contribution in [2.24, 2.45) is 11.1 Å². The average molecular weight is 303 g/mol. The Morgan fingerprint density at radius 3 is 2.35 bits per heavy atom. The Morgan fingerprint density at radius 1 is 1.25 bits per heavy atom. The number of hydrogen-bond acceptors (Lipinski definition) is 4. The van der Waals surface area contributed by atoms with Crippen molar-refractivity contribution in [2.75, 3.05) is 38.3 Å². The van der Waals surface area contributed by atoms with Crippen LogP contribution in [0.15, 0.2) is 0 Å². The van der Waals surface area contributed by atoms with Gasteiger partial charge in [-0.15, -0.1) is 0 Å². The summed E-state index contributed by atoms with van der Waals surface area (Å²) in [5, 5.41) is 0. The largest absolute Gasteiger partial charge is 0.383 e. The summed E-state index contributed by atoms with van der Waals surface area (Å²) in [5.74, 6) is 2.41. The fraction of sp³-hybridized carbons (Fsp3) is 1.00. The number of methoxy groups -OCH3 is 1. The molecule has 2 N–H and O–H groups in total. The van der Waals surface area contributed by atoms with Crippen LogP contribution in [0.3, 0.4) is 0 Å². The van der Waals surface area contributed by atoms with Gasteiger partial charge in [0.25, 0.3) is 0 Å². The number of thioether (sulfide) groups is 1. The Balaban J connectivity index is 2.98. The topological polar surface area (TPSA) is 38.5 Å². The molecule has 1 unspecified atom stereocenters. The lowest BCUT2D eigenvalue weighted by atomic mass is 9.78. The van der Waals surface area contributed by atoms with E-state index < -0.39 is 0 Å². The maximum Gasteiger partial charge on any atom is 0.0590 e. The molecule has 1 rings (SSSR count). The highest BCUT2D eigenvalue weighted by Gasteiger charge is 2.45. The molecule has 1 aliphatic heterocycles. The van der Waals surface area contributed by atoms with Gasteiger partial charge in [0.05, 0.1) is 6.61 Å². The first-order chi connectivity index (χ1) is 9.44. The molecule has 1 atom stereocenters. The van der Waals surface area contributed by atoms with E-state index in [1.54, 1.807) is 7.11 Å². The first-order valence-corrected chi connectivity index (χ1v) is 9.13. The minimum absolute atomic E-state index is 0.141. The van der Waals surface area contributed by atoms with Crippen molar-refractivity contribution >= 4 is 11.8 Å². The molecule has 1 heterocycles. The molecule has 1 fully saturated rings. The van der Waals surface area contributed by atoms with Gasteiger partial charge in [0, 0.05) is 37.5 Å². The van der Waals surface area contributed by atoms with Crippen LogP contribution >= 0.6 is 11.8 Å². The maximum atomic E-state index is 6.28. The molecule has 1 aliphatic rings. The molecular formula is C16H34N2OS. The third kappa shape index (κ3) is 4.36. The van der Waals surface area contributed by atoms with E-state index >= 15 is 0 Å². The third-order valence-electron chi connectivity index (χ3n) is 4.58. The SMILES string of the molecule is CCC(CC)N(CCOC)C1(CN)CSCC(C)(C)C1. The van der Waals surface area contributed by atoms with Crippen molar-refractivity contribution in [3.05, 3.63) is 0 Å². The van der Waals surface area contributed by atoms with Crippen molar-refractivity contribution < 1.29 is 4.74 Å². The lowest BCUT2D eigenvalue weighted by molar-refractivity contribution is 0.00713. The van der Waals surface area contributed by atoms with Crippen LogP contribution in [0.25, 0.3) is 0 Å². The van der Waals surface area contributed by atoms with E-state index in [9.17, 15) is 0 Å². The highest BCUT2D eigenvalue weighted by atomic mass is 32.2. The summed E-state index contributed by atoms with van der Waals surface area (Å²) in [7, 11) is 1.79. The molecule has 0 bridgehead atoms.